The standard InChI is InChI=1S/C38H72N2O12/c1-15-27-38(10,46)31(42)24(6)40(13)19-20(2)17-36(8,45)33(52-35-29(41)26(39(11)12)16-21(3)48-35)22(4)30(23(5)34(44)50-27)51-28-18-37(9,47-14)32(43)25(7)49-28/h20-33,35,41-43,45-46H,15-19H2,1-14H3/t20-,21-,22+,23-,24-,25+,26+,27-,28-,29+,30+,31-,32-,33-,35+,36-,37+,38-/m1/s1. The lowest BCUT2D eigenvalue weighted by Gasteiger charge is -2.48. The van der Waals surface area contributed by atoms with E-state index in [1.807, 2.05) is 51.7 Å². The van der Waals surface area contributed by atoms with Gasteiger partial charge in [0.2, 0.25) is 0 Å². The summed E-state index contributed by atoms with van der Waals surface area (Å²) < 4.78 is 37.5. The van der Waals surface area contributed by atoms with Gasteiger partial charge in [-0.25, -0.2) is 0 Å². The van der Waals surface area contributed by atoms with Crippen molar-refractivity contribution in [2.75, 3.05) is 34.8 Å². The van der Waals surface area contributed by atoms with Gasteiger partial charge in [-0.3, -0.25) is 4.79 Å². The van der Waals surface area contributed by atoms with Gasteiger partial charge < -0.3 is 63.8 Å². The van der Waals surface area contributed by atoms with Crippen LogP contribution in [0.3, 0.4) is 0 Å². The number of carbonyl (C=O) groups is 1. The molecule has 3 fully saturated rings. The van der Waals surface area contributed by atoms with Gasteiger partial charge in [-0.2, -0.15) is 0 Å². The summed E-state index contributed by atoms with van der Waals surface area (Å²) in [6, 6.07) is -0.808. The average molecular weight is 749 g/mol. The summed E-state index contributed by atoms with van der Waals surface area (Å²) in [6.45, 7) is 18.0. The number of likely N-dealkylation sites (N-methyl/N-ethyl adjacent to an activating group) is 2. The molecule has 3 saturated heterocycles. The smallest absolute Gasteiger partial charge is 0.311 e. The first kappa shape index (κ1) is 45.4. The van der Waals surface area contributed by atoms with E-state index in [-0.39, 0.29) is 37.3 Å². The fraction of sp³-hybridized carbons (Fsp3) is 0.974. The van der Waals surface area contributed by atoms with Crippen molar-refractivity contribution in [1.29, 1.82) is 0 Å². The predicted octanol–water partition coefficient (Wildman–Crippen LogP) is 1.90. The van der Waals surface area contributed by atoms with Crippen LogP contribution >= 0.6 is 0 Å². The number of nitrogens with zero attached hydrogens (tertiary/aromatic N) is 2. The minimum Gasteiger partial charge on any atom is -0.459 e. The summed E-state index contributed by atoms with van der Waals surface area (Å²) in [6.07, 6.45) is -8.19. The lowest BCUT2D eigenvalue weighted by atomic mass is 9.77. The Labute approximate surface area is 312 Å². The summed E-state index contributed by atoms with van der Waals surface area (Å²) in [4.78, 5) is 18.0. The Kier molecular flexibility index (Phi) is 15.6. The Morgan fingerprint density at radius 2 is 1.56 bits per heavy atom. The van der Waals surface area contributed by atoms with E-state index in [2.05, 4.69) is 0 Å². The summed E-state index contributed by atoms with van der Waals surface area (Å²) in [5.74, 6) is -2.58. The van der Waals surface area contributed by atoms with E-state index >= 15 is 0 Å². The third-order valence-electron chi connectivity index (χ3n) is 12.2. The van der Waals surface area contributed by atoms with Gasteiger partial charge >= 0.3 is 5.97 Å². The van der Waals surface area contributed by atoms with Crippen molar-refractivity contribution in [2.45, 2.75) is 185 Å². The van der Waals surface area contributed by atoms with Crippen molar-refractivity contribution in [3.63, 3.8) is 0 Å². The van der Waals surface area contributed by atoms with Crippen molar-refractivity contribution >= 4 is 5.97 Å². The molecule has 52 heavy (non-hydrogen) atoms. The molecule has 0 aromatic rings. The van der Waals surface area contributed by atoms with Crippen LogP contribution in [-0.2, 0) is 33.2 Å². The molecule has 0 amide bonds. The Bertz CT molecular complexity index is 1140. The lowest BCUT2D eigenvalue weighted by Crippen LogP contribution is -2.60. The molecule has 3 rings (SSSR count). The topological polar surface area (TPSA) is 180 Å². The van der Waals surface area contributed by atoms with Crippen molar-refractivity contribution in [1.82, 2.24) is 9.80 Å². The first-order valence-electron chi connectivity index (χ1n) is 19.1. The molecule has 0 aromatic carbocycles. The van der Waals surface area contributed by atoms with E-state index in [1.165, 1.54) is 14.0 Å². The first-order chi connectivity index (χ1) is 23.9. The van der Waals surface area contributed by atoms with Crippen LogP contribution in [-0.4, -0.2) is 166 Å². The van der Waals surface area contributed by atoms with Gasteiger partial charge in [0, 0.05) is 38.1 Å². The van der Waals surface area contributed by atoms with Crippen LogP contribution < -0.4 is 0 Å². The number of hydrogen-bond acceptors (Lipinski definition) is 14. The number of esters is 1. The van der Waals surface area contributed by atoms with E-state index in [0.717, 1.165) is 0 Å². The van der Waals surface area contributed by atoms with E-state index in [0.29, 0.717) is 13.0 Å². The number of rotatable bonds is 7. The molecule has 3 heterocycles. The molecule has 3 aliphatic heterocycles. The molecule has 306 valence electrons. The third-order valence-corrected chi connectivity index (χ3v) is 12.2. The van der Waals surface area contributed by atoms with Crippen LogP contribution in [0.1, 0.15) is 94.9 Å². The monoisotopic (exact) mass is 749 g/mol. The number of carbonyl (C=O) groups excluding carboxylic acids is 1. The van der Waals surface area contributed by atoms with Crippen LogP contribution in [0.25, 0.3) is 0 Å². The summed E-state index contributed by atoms with van der Waals surface area (Å²) in [7, 11) is 7.12. The minimum absolute atomic E-state index is 0.133. The highest BCUT2D eigenvalue weighted by atomic mass is 16.7. The molecular weight excluding hydrogens is 676 g/mol. The Hall–Kier alpha value is -1.01. The zero-order chi connectivity index (χ0) is 39.7. The summed E-state index contributed by atoms with van der Waals surface area (Å²) >= 11 is 0. The molecule has 0 spiro atoms. The van der Waals surface area contributed by atoms with Gasteiger partial charge in [0.05, 0.1) is 41.5 Å². The average Bonchev–Trinajstić information content (AvgIpc) is 3.05. The fourth-order valence-electron chi connectivity index (χ4n) is 8.74. The van der Waals surface area contributed by atoms with Gasteiger partial charge in [0.1, 0.15) is 30.0 Å². The Morgan fingerprint density at radius 1 is 0.942 bits per heavy atom. The van der Waals surface area contributed by atoms with E-state index < -0.39 is 96.0 Å². The van der Waals surface area contributed by atoms with Crippen molar-refractivity contribution < 1.29 is 58.7 Å². The molecule has 14 nitrogen and oxygen atoms in total. The van der Waals surface area contributed by atoms with Crippen LogP contribution in [0, 0.1) is 17.8 Å². The van der Waals surface area contributed by atoms with E-state index in [1.54, 1.807) is 41.5 Å². The highest BCUT2D eigenvalue weighted by molar-refractivity contribution is 5.73. The maximum atomic E-state index is 14.2. The van der Waals surface area contributed by atoms with Crippen molar-refractivity contribution in [2.24, 2.45) is 17.8 Å². The number of aliphatic hydroxyl groups excluding tert-OH is 3. The van der Waals surface area contributed by atoms with Gasteiger partial charge in [-0.15, -0.1) is 0 Å². The molecule has 0 aromatic heterocycles. The predicted molar refractivity (Wildman–Crippen MR) is 194 cm³/mol. The minimum atomic E-state index is -1.80. The van der Waals surface area contributed by atoms with Crippen molar-refractivity contribution in [3.05, 3.63) is 0 Å². The van der Waals surface area contributed by atoms with Gasteiger partial charge in [-0.05, 0) is 94.8 Å². The first-order valence-corrected chi connectivity index (χ1v) is 19.1. The second kappa shape index (κ2) is 17.8. The SMILES string of the molecule is CC[C@H]1OC(=O)[C@H](C)[C@@H](O[C@@H]2C[C@](C)(OC)[C@H](O)[C@H](C)O2)[C@H](C)[C@@H](O[C@@H]2O[C@H](C)C[C@H](N(C)C)[C@@H]2O)[C@](C)(O)C[C@@H](C)CN(C)[C@H](C)[C@@H](O)[C@]1(C)O. The quantitative estimate of drug-likeness (QED) is 0.238. The number of ether oxygens (including phenoxy) is 6. The molecule has 0 unspecified atom stereocenters. The zero-order valence-electron chi connectivity index (χ0n) is 34.2. The molecule has 0 radical (unpaired) electrons. The molecule has 0 aliphatic carbocycles. The molecule has 5 N–H and O–H groups in total. The highest BCUT2D eigenvalue weighted by Gasteiger charge is 2.52. The van der Waals surface area contributed by atoms with Gasteiger partial charge in [-0.1, -0.05) is 20.8 Å². The summed E-state index contributed by atoms with van der Waals surface area (Å²) in [5, 5.41) is 58.1. The molecule has 0 saturated carbocycles. The number of cyclic esters (lactones) is 1. The van der Waals surface area contributed by atoms with Crippen molar-refractivity contribution in [3.8, 4) is 0 Å². The highest BCUT2D eigenvalue weighted by Crippen LogP contribution is 2.40. The molecule has 3 aliphatic rings. The van der Waals surface area contributed by atoms with Crippen LogP contribution in [0.15, 0.2) is 0 Å². The fourth-order valence-corrected chi connectivity index (χ4v) is 8.74. The van der Waals surface area contributed by atoms with Crippen LogP contribution in [0.2, 0.25) is 0 Å². The molecule has 14 heteroatoms. The largest absolute Gasteiger partial charge is 0.459 e. The lowest BCUT2D eigenvalue weighted by molar-refractivity contribution is -0.318. The zero-order valence-corrected chi connectivity index (χ0v) is 34.2. The second-order valence-electron chi connectivity index (χ2n) is 17.2. The third kappa shape index (κ3) is 10.0. The normalized spacial score (nSPS) is 49.6. The number of methoxy groups -OCH3 is 1. The Balaban J connectivity index is 2.17. The summed E-state index contributed by atoms with van der Waals surface area (Å²) in [5.41, 5.74) is -4.37. The molecule has 0 bridgehead atoms. The molecular formula is C38H72N2O12. The van der Waals surface area contributed by atoms with E-state index in [4.69, 9.17) is 28.4 Å². The maximum Gasteiger partial charge on any atom is 0.311 e. The number of aliphatic hydroxyl groups is 5. The Morgan fingerprint density at radius 3 is 2.12 bits per heavy atom. The van der Waals surface area contributed by atoms with E-state index in [9.17, 15) is 30.3 Å². The van der Waals surface area contributed by atoms with Gasteiger partial charge in [0.15, 0.2) is 12.6 Å². The second-order valence-corrected chi connectivity index (χ2v) is 17.2. The molecule has 18 atom stereocenters. The van der Waals surface area contributed by atoms with Gasteiger partial charge in [0.25, 0.3) is 0 Å². The number of hydrogen-bond donors (Lipinski definition) is 5. The maximum absolute atomic E-state index is 14.2. The van der Waals surface area contributed by atoms with Crippen LogP contribution in [0.4, 0.5) is 0 Å². The van der Waals surface area contributed by atoms with Crippen LogP contribution in [0.5, 0.6) is 0 Å².